The molecule has 5 aromatic heterocycles. The number of oxazole rings is 2. The molecule has 1 aliphatic carbocycles. The molecule has 9 aromatic rings. The molecule has 99 heavy (non-hydrogen) atoms. The number of carbonyl (C=O) groups excluding carboxylic acids is 3. The standard InChI is InChI=1S/C33H36N6O3.C25H30B2NO5.C12H18BrN3O2.CH2O3.2Na.H/c1-33(2,3)42-32(40)39-16-6-9-27(39)30-35-19-26(37-30)23-14-15-28-24(17-23)38-31(41-28)22-12-10-20(11-13-22)25-18-34-29(36-25)21-7-4-5-8-21;1-22(2)23(3,4)31-26(30-22)17-11-9-16(10-12-17)21-28-19-15-18(13-14-20(19)29-21)27-32-24(5,6)25(7,8)33-27;1-12(2,3)18-11(17)16-6-4-5-8(16)10-14-7-9(13)15-10;2-1-4-3;;;/h10-15,17-19,21,27H,4-9,16H2,1-3H3,(H,34,36)(H,35,37);9-15H,1H2,2-8H3;7-8H,4-6H2,1-3H3,(H,14,15);1,3H;;;/q;+1;;;2*+1;-1/p-1/t27-;;8-;;;;/m0.0..../s1. The normalized spacial score (nSPS) is 20.1. The van der Waals surface area contributed by atoms with Crippen LogP contribution in [0.15, 0.2) is 117 Å². The zero-order valence-corrected chi connectivity index (χ0v) is 65.0. The molecule has 5 aliphatic rings. The summed E-state index contributed by atoms with van der Waals surface area (Å²) in [6.07, 6.45) is 13.6. The second kappa shape index (κ2) is 31.1. The fraction of sp³-hybridized carbons (Fsp3) is 0.451. The minimum absolute atomic E-state index is 0. The Kier molecular flexibility index (Phi) is 24.2. The van der Waals surface area contributed by atoms with E-state index in [1.165, 1.54) is 25.7 Å². The second-order valence-corrected chi connectivity index (χ2v) is 29.7. The molecular formula is C71H86B2BrN10Na2O13+. The van der Waals surface area contributed by atoms with E-state index < -0.39 is 47.8 Å². The number of benzene rings is 4. The number of carbonyl (C=O) groups is 3. The first-order valence-corrected chi connectivity index (χ1v) is 33.8. The number of rotatable bonds is 10. The summed E-state index contributed by atoms with van der Waals surface area (Å²) in [6.45, 7) is 30.7. The summed E-state index contributed by atoms with van der Waals surface area (Å²) >= 11 is 3.33. The van der Waals surface area contributed by atoms with E-state index in [9.17, 15) is 9.59 Å². The van der Waals surface area contributed by atoms with Crippen LogP contribution in [0.5, 0.6) is 0 Å². The fourth-order valence-electron chi connectivity index (χ4n) is 12.1. The molecule has 4 saturated heterocycles. The van der Waals surface area contributed by atoms with Crippen LogP contribution in [-0.4, -0.2) is 129 Å². The maximum atomic E-state index is 12.8. The van der Waals surface area contributed by atoms with Crippen molar-refractivity contribution in [1.29, 1.82) is 0 Å². The number of fused-ring (bicyclic) bond motifs is 2. The summed E-state index contributed by atoms with van der Waals surface area (Å²) in [5.74, 6) is 4.37. The van der Waals surface area contributed by atoms with E-state index in [1.54, 1.807) is 16.0 Å². The number of hydrogen-bond donors (Lipinski definition) is 3. The summed E-state index contributed by atoms with van der Waals surface area (Å²) in [6, 6.07) is 27.8. The van der Waals surface area contributed by atoms with Gasteiger partial charge in [-0.05, 0) is 209 Å². The predicted octanol–water partition coefficient (Wildman–Crippen LogP) is 7.71. The summed E-state index contributed by atoms with van der Waals surface area (Å²) in [5, 5.41) is 8.43. The van der Waals surface area contributed by atoms with Crippen molar-refractivity contribution in [2.24, 2.45) is 0 Å². The number of hydrogen-bond acceptors (Lipinski definition) is 18. The van der Waals surface area contributed by atoms with Crippen LogP contribution >= 0.6 is 15.9 Å². The molecule has 23 nitrogen and oxygen atoms in total. The van der Waals surface area contributed by atoms with Gasteiger partial charge < -0.3 is 63.4 Å². The number of H-pyrrole nitrogens is 3. The topological polar surface area (TPSA) is 283 Å². The first-order valence-electron chi connectivity index (χ1n) is 33.0. The van der Waals surface area contributed by atoms with Gasteiger partial charge in [-0.2, -0.15) is 0 Å². The van der Waals surface area contributed by atoms with Crippen LogP contribution in [0.1, 0.15) is 178 Å². The molecule has 4 aliphatic heterocycles. The third-order valence-corrected chi connectivity index (χ3v) is 18.9. The van der Waals surface area contributed by atoms with Crippen molar-refractivity contribution in [1.82, 2.24) is 49.7 Å². The Labute approximate surface area is 632 Å². The summed E-state index contributed by atoms with van der Waals surface area (Å²) in [7, 11) is -0.893. The number of likely N-dealkylation sites (tertiary alicyclic amines) is 2. The minimum Gasteiger partial charge on any atom is -1.00 e. The fourth-order valence-corrected chi connectivity index (χ4v) is 12.4. The van der Waals surface area contributed by atoms with Crippen LogP contribution in [0.25, 0.3) is 67.6 Å². The SMILES string of the molecule is CC(C)(C)OC(=O)N1CCC[C@H]1c1ncc(-c2ccc3oc(-c4ccc(-c5cnc(C6CCCC6)[nH]5)cc4)nc3c2)[nH]1.CC(C)(C)OC(=O)N1CCC[C@H]1c1ncc(Br)[nH]1.O=CO[O-].[CH2+]C1(C)OB(c2ccc(-c3nc4cc(B5OC(C)(C)C(C)(C)O5)ccc4o3)cc2)OC1(C)C.[H-].[Na+].[Na+]. The molecule has 1 unspecified atom stereocenters. The number of ether oxygens (including phenoxy) is 2. The van der Waals surface area contributed by atoms with E-state index in [4.69, 9.17) is 56.9 Å². The Bertz CT molecular complexity index is 4210. The van der Waals surface area contributed by atoms with Gasteiger partial charge in [0, 0.05) is 42.6 Å². The van der Waals surface area contributed by atoms with E-state index in [0.29, 0.717) is 29.8 Å². The number of aromatic nitrogens is 8. The average Bonchev–Trinajstić information content (AvgIpc) is 1.63. The van der Waals surface area contributed by atoms with E-state index in [-0.39, 0.29) is 91.3 Å². The maximum absolute atomic E-state index is 12.8. The summed E-state index contributed by atoms with van der Waals surface area (Å²) in [4.78, 5) is 72.8. The molecule has 9 heterocycles. The van der Waals surface area contributed by atoms with Gasteiger partial charge in [-0.25, -0.2) is 34.5 Å². The first-order chi connectivity index (χ1) is 45.9. The van der Waals surface area contributed by atoms with Crippen LogP contribution in [0.4, 0.5) is 9.59 Å². The van der Waals surface area contributed by atoms with Gasteiger partial charge in [0.15, 0.2) is 11.2 Å². The molecule has 5 fully saturated rings. The van der Waals surface area contributed by atoms with Gasteiger partial charge in [0.05, 0.1) is 60.2 Å². The van der Waals surface area contributed by atoms with Crippen LogP contribution in [0, 0.1) is 6.92 Å². The third kappa shape index (κ3) is 18.0. The van der Waals surface area contributed by atoms with E-state index in [0.717, 1.165) is 115 Å². The predicted molar refractivity (Wildman–Crippen MR) is 371 cm³/mol. The molecule has 2 amide bonds. The monoisotopic (exact) mass is 1430 g/mol. The van der Waals surface area contributed by atoms with Crippen LogP contribution in [0.3, 0.4) is 0 Å². The second-order valence-electron chi connectivity index (χ2n) is 28.9. The minimum atomic E-state index is -0.620. The number of halogens is 1. The molecule has 4 aromatic carbocycles. The van der Waals surface area contributed by atoms with Crippen LogP contribution < -0.4 is 75.3 Å². The van der Waals surface area contributed by atoms with Crippen LogP contribution in [-0.2, 0) is 37.8 Å². The molecule has 3 atom stereocenters. The van der Waals surface area contributed by atoms with E-state index in [2.05, 4.69) is 69.8 Å². The molecular weight excluding hydrogens is 1350 g/mol. The van der Waals surface area contributed by atoms with Crippen molar-refractivity contribution >= 4 is 82.0 Å². The van der Waals surface area contributed by atoms with Gasteiger partial charge in [0.1, 0.15) is 49.9 Å². The molecule has 28 heteroatoms. The number of amides is 2. The number of imidazole rings is 3. The van der Waals surface area contributed by atoms with E-state index >= 15 is 0 Å². The Morgan fingerprint density at radius 1 is 0.586 bits per heavy atom. The molecule has 512 valence electrons. The van der Waals surface area contributed by atoms with Crippen molar-refractivity contribution in [3.8, 4) is 45.4 Å². The zero-order valence-electron chi connectivity index (χ0n) is 60.4. The van der Waals surface area contributed by atoms with Gasteiger partial charge in [-0.1, -0.05) is 43.2 Å². The molecule has 0 bridgehead atoms. The number of nitrogens with one attached hydrogen (secondary N) is 3. The summed E-state index contributed by atoms with van der Waals surface area (Å²) < 4.78 is 48.5. The smallest absolute Gasteiger partial charge is 1.00 e. The van der Waals surface area contributed by atoms with Crippen LogP contribution in [0.2, 0.25) is 0 Å². The van der Waals surface area contributed by atoms with Gasteiger partial charge in [-0.3, -0.25) is 14.6 Å². The molecule has 14 rings (SSSR count). The van der Waals surface area contributed by atoms with Gasteiger partial charge in [-0.15, -0.1) is 0 Å². The quantitative estimate of drug-likeness (QED) is 0.0388. The number of aromatic amines is 3. The van der Waals surface area contributed by atoms with Gasteiger partial charge in [0.25, 0.3) is 6.47 Å². The summed E-state index contributed by atoms with van der Waals surface area (Å²) in [5.41, 5.74) is 7.68. The average molecular weight is 1440 g/mol. The zero-order chi connectivity index (χ0) is 69.4. The Morgan fingerprint density at radius 3 is 1.51 bits per heavy atom. The van der Waals surface area contributed by atoms with Crippen molar-refractivity contribution in [3.05, 3.63) is 133 Å². The van der Waals surface area contributed by atoms with Crippen molar-refractivity contribution in [3.63, 3.8) is 0 Å². The first kappa shape index (κ1) is 76.9. The van der Waals surface area contributed by atoms with Gasteiger partial charge >= 0.3 is 85.5 Å². The Morgan fingerprint density at radius 2 is 1.01 bits per heavy atom. The molecule has 0 radical (unpaired) electrons. The van der Waals surface area contributed by atoms with Gasteiger partial charge in [0.2, 0.25) is 17.4 Å². The Balaban J connectivity index is 0.000000195. The molecule has 3 N–H and O–H groups in total. The third-order valence-electron chi connectivity index (χ3n) is 18.5. The van der Waals surface area contributed by atoms with Crippen molar-refractivity contribution < 1.29 is 122 Å². The van der Waals surface area contributed by atoms with Crippen molar-refractivity contribution in [2.75, 3.05) is 13.1 Å². The molecule has 0 spiro atoms. The maximum Gasteiger partial charge on any atom is 1.00 e. The largest absolute Gasteiger partial charge is 1.00 e. The number of nitrogens with zero attached hydrogens (tertiary/aromatic N) is 7. The van der Waals surface area contributed by atoms with E-state index in [1.807, 2.05) is 175 Å². The van der Waals surface area contributed by atoms with Crippen molar-refractivity contribution in [2.45, 2.75) is 193 Å². The molecule has 1 saturated carbocycles. The Hall–Kier alpha value is -6.26.